The molecule has 0 spiro atoms. The number of anilines is 1. The second kappa shape index (κ2) is 14.0. The number of carbonyl (C=O) groups excluding carboxylic acids is 1. The molecule has 0 aliphatic rings. The van der Waals surface area contributed by atoms with Gasteiger partial charge in [-0.1, -0.05) is 67.9 Å². The Bertz CT molecular complexity index is 1440. The number of rotatable bonds is 11. The van der Waals surface area contributed by atoms with E-state index in [-0.39, 0.29) is 35.0 Å². The van der Waals surface area contributed by atoms with E-state index in [1.54, 1.807) is 48.5 Å². The molecule has 1 atom stereocenters. The SMILES string of the molecule is CCC(C)c1ccc(C(=N)N(CCC(F)(F)F)C(=O)NCC(=N)c2cc[nH]c(=O)c2NCc2ccccc2Cl)cc1. The van der Waals surface area contributed by atoms with Crippen LogP contribution in [-0.2, 0) is 6.54 Å². The topological polar surface area (TPSA) is 125 Å². The van der Waals surface area contributed by atoms with Crippen LogP contribution in [0, 0.1) is 10.8 Å². The lowest BCUT2D eigenvalue weighted by Gasteiger charge is -2.25. The fraction of sp³-hybridized carbons (Fsp3) is 0.310. The van der Waals surface area contributed by atoms with Gasteiger partial charge in [-0.25, -0.2) is 4.79 Å². The number of benzene rings is 2. The van der Waals surface area contributed by atoms with Crippen LogP contribution in [0.2, 0.25) is 5.02 Å². The molecule has 1 unspecified atom stereocenters. The summed E-state index contributed by atoms with van der Waals surface area (Å²) in [7, 11) is 0. The van der Waals surface area contributed by atoms with Gasteiger partial charge in [-0.3, -0.25) is 15.1 Å². The third-order valence-electron chi connectivity index (χ3n) is 6.62. The summed E-state index contributed by atoms with van der Waals surface area (Å²) in [6.07, 6.45) is -3.61. The van der Waals surface area contributed by atoms with Crippen molar-refractivity contribution in [2.45, 2.75) is 45.3 Å². The summed E-state index contributed by atoms with van der Waals surface area (Å²) in [6.45, 7) is 3.09. The van der Waals surface area contributed by atoms with E-state index in [0.29, 0.717) is 9.92 Å². The van der Waals surface area contributed by atoms with E-state index in [9.17, 15) is 22.8 Å². The van der Waals surface area contributed by atoms with Gasteiger partial charge < -0.3 is 21.0 Å². The second-order valence-electron chi connectivity index (χ2n) is 9.47. The van der Waals surface area contributed by atoms with Crippen molar-refractivity contribution < 1.29 is 18.0 Å². The monoisotopic (exact) mass is 588 g/mol. The smallest absolute Gasteiger partial charge is 0.376 e. The lowest BCUT2D eigenvalue weighted by Crippen LogP contribution is -2.46. The number of nitrogens with zero attached hydrogens (tertiary/aromatic N) is 1. The summed E-state index contributed by atoms with van der Waals surface area (Å²) in [4.78, 5) is 28.8. The number of amides is 2. The highest BCUT2D eigenvalue weighted by molar-refractivity contribution is 6.31. The molecule has 12 heteroatoms. The van der Waals surface area contributed by atoms with Gasteiger partial charge in [0.15, 0.2) is 0 Å². The summed E-state index contributed by atoms with van der Waals surface area (Å²) in [5.74, 6) is -0.129. The number of hydrogen-bond donors (Lipinski definition) is 5. The zero-order chi connectivity index (χ0) is 30.2. The molecular formula is C29H32ClF3N6O2. The van der Waals surface area contributed by atoms with Gasteiger partial charge in [-0.2, -0.15) is 13.2 Å². The molecule has 3 aromatic rings. The number of hydrogen-bond acceptors (Lipinski definition) is 5. The van der Waals surface area contributed by atoms with Crippen LogP contribution >= 0.6 is 11.6 Å². The summed E-state index contributed by atoms with van der Waals surface area (Å²) in [6, 6.07) is 14.3. The lowest BCUT2D eigenvalue weighted by atomic mass is 9.97. The summed E-state index contributed by atoms with van der Waals surface area (Å²) < 4.78 is 39.2. The molecule has 2 aromatic carbocycles. The molecule has 1 heterocycles. The van der Waals surface area contributed by atoms with Gasteiger partial charge in [0.25, 0.3) is 5.56 Å². The first-order valence-corrected chi connectivity index (χ1v) is 13.4. The number of H-pyrrole nitrogens is 1. The first-order valence-electron chi connectivity index (χ1n) is 13.0. The number of aromatic amines is 1. The molecule has 5 N–H and O–H groups in total. The van der Waals surface area contributed by atoms with E-state index in [1.807, 2.05) is 13.8 Å². The van der Waals surface area contributed by atoms with Crippen molar-refractivity contribution in [1.82, 2.24) is 15.2 Å². The normalized spacial score (nSPS) is 12.0. The second-order valence-corrected chi connectivity index (χ2v) is 9.88. The van der Waals surface area contributed by atoms with Crippen LogP contribution in [0.15, 0.2) is 65.6 Å². The molecule has 0 bridgehead atoms. The predicted molar refractivity (Wildman–Crippen MR) is 155 cm³/mol. The fourth-order valence-corrected chi connectivity index (χ4v) is 4.20. The number of urea groups is 1. The first-order chi connectivity index (χ1) is 19.4. The molecule has 41 heavy (non-hydrogen) atoms. The zero-order valence-corrected chi connectivity index (χ0v) is 23.4. The number of halogens is 4. The standard InChI is InChI=1S/C29H32ClF3N6O2/c1-3-18(2)19-8-10-20(11-9-19)26(35)39(15-13-29(31,32)33)28(41)38-17-24(34)22-12-14-36-27(40)25(22)37-16-21-6-4-5-7-23(21)30/h4-12,14,18,34-35,37H,3,13,15-17H2,1-2H3,(H,36,40)(H,38,41). The number of aromatic nitrogens is 1. The van der Waals surface area contributed by atoms with Gasteiger partial charge in [-0.05, 0) is 35.6 Å². The van der Waals surface area contributed by atoms with Gasteiger partial charge in [0.2, 0.25) is 0 Å². The Morgan fingerprint density at radius 2 is 1.78 bits per heavy atom. The minimum atomic E-state index is -4.54. The third kappa shape index (κ3) is 8.68. The van der Waals surface area contributed by atoms with Crippen molar-refractivity contribution in [2.75, 3.05) is 18.4 Å². The van der Waals surface area contributed by atoms with E-state index < -0.39 is 43.1 Å². The van der Waals surface area contributed by atoms with E-state index in [0.717, 1.165) is 17.5 Å². The molecule has 0 aliphatic heterocycles. The van der Waals surface area contributed by atoms with Gasteiger partial charge in [0.1, 0.15) is 11.5 Å². The van der Waals surface area contributed by atoms with Gasteiger partial charge in [0.05, 0.1) is 18.7 Å². The summed E-state index contributed by atoms with van der Waals surface area (Å²) >= 11 is 6.19. The van der Waals surface area contributed by atoms with Crippen molar-refractivity contribution >= 4 is 34.9 Å². The highest BCUT2D eigenvalue weighted by atomic mass is 35.5. The molecule has 0 radical (unpaired) electrons. The molecule has 8 nitrogen and oxygen atoms in total. The van der Waals surface area contributed by atoms with E-state index in [2.05, 4.69) is 15.6 Å². The van der Waals surface area contributed by atoms with Crippen LogP contribution in [-0.4, -0.2) is 46.7 Å². The molecule has 1 aromatic heterocycles. The molecule has 0 aliphatic carbocycles. The Morgan fingerprint density at radius 3 is 2.41 bits per heavy atom. The fourth-order valence-electron chi connectivity index (χ4n) is 4.00. The maximum atomic E-state index is 13.1. The van der Waals surface area contributed by atoms with Crippen molar-refractivity contribution in [3.05, 3.63) is 98.4 Å². The maximum absolute atomic E-state index is 13.1. The van der Waals surface area contributed by atoms with Crippen LogP contribution < -0.4 is 16.2 Å². The average molecular weight is 589 g/mol. The van der Waals surface area contributed by atoms with E-state index in [1.165, 1.54) is 12.3 Å². The minimum absolute atomic E-state index is 0.0785. The number of pyridine rings is 1. The van der Waals surface area contributed by atoms with Crippen molar-refractivity contribution in [3.63, 3.8) is 0 Å². The van der Waals surface area contributed by atoms with E-state index in [4.69, 9.17) is 22.4 Å². The first kappa shape index (κ1) is 31.4. The number of amidine groups is 1. The van der Waals surface area contributed by atoms with Crippen LogP contribution in [0.25, 0.3) is 0 Å². The summed E-state index contributed by atoms with van der Waals surface area (Å²) in [5, 5.41) is 22.9. The van der Waals surface area contributed by atoms with Crippen molar-refractivity contribution in [1.29, 1.82) is 10.8 Å². The predicted octanol–water partition coefficient (Wildman–Crippen LogP) is 6.51. The van der Waals surface area contributed by atoms with Gasteiger partial charge in [-0.15, -0.1) is 0 Å². The van der Waals surface area contributed by atoms with Crippen LogP contribution in [0.4, 0.5) is 23.7 Å². The molecule has 0 saturated heterocycles. The van der Waals surface area contributed by atoms with E-state index >= 15 is 0 Å². The molecule has 0 fully saturated rings. The largest absolute Gasteiger partial charge is 0.390 e. The quantitative estimate of drug-likeness (QED) is 0.129. The number of nitrogens with one attached hydrogen (secondary N) is 5. The van der Waals surface area contributed by atoms with Crippen molar-refractivity contribution in [2.24, 2.45) is 0 Å². The zero-order valence-electron chi connectivity index (χ0n) is 22.7. The summed E-state index contributed by atoms with van der Waals surface area (Å²) in [5.41, 5.74) is 1.63. The third-order valence-corrected chi connectivity index (χ3v) is 6.98. The molecular weight excluding hydrogens is 557 g/mol. The highest BCUT2D eigenvalue weighted by Crippen LogP contribution is 2.22. The Labute approximate surface area is 240 Å². The maximum Gasteiger partial charge on any atom is 0.390 e. The molecule has 0 saturated carbocycles. The van der Waals surface area contributed by atoms with Gasteiger partial charge >= 0.3 is 12.2 Å². The molecule has 2 amide bonds. The minimum Gasteiger partial charge on any atom is -0.376 e. The Kier molecular flexibility index (Phi) is 10.7. The lowest BCUT2D eigenvalue weighted by molar-refractivity contribution is -0.135. The van der Waals surface area contributed by atoms with Crippen molar-refractivity contribution in [3.8, 4) is 0 Å². The number of carbonyl (C=O) groups is 1. The Balaban J connectivity index is 1.75. The Morgan fingerprint density at radius 1 is 1.10 bits per heavy atom. The Hall–Kier alpha value is -4.12. The molecule has 218 valence electrons. The average Bonchev–Trinajstić information content (AvgIpc) is 2.95. The highest BCUT2D eigenvalue weighted by Gasteiger charge is 2.31. The molecule has 3 rings (SSSR count). The number of alkyl halides is 3. The van der Waals surface area contributed by atoms with Gasteiger partial charge in [0, 0.05) is 35.4 Å². The van der Waals surface area contributed by atoms with Crippen LogP contribution in [0.3, 0.4) is 0 Å². The van der Waals surface area contributed by atoms with Crippen LogP contribution in [0.5, 0.6) is 0 Å². The van der Waals surface area contributed by atoms with Crippen LogP contribution in [0.1, 0.15) is 54.9 Å².